The monoisotopic (exact) mass is 338 g/mol. The number of hydrogen-bond acceptors (Lipinski definition) is 2. The number of aliphatic imine (C=N–C) groups is 1. The second kappa shape index (κ2) is 8.28. The summed E-state index contributed by atoms with van der Waals surface area (Å²) in [6.07, 6.45) is 5.84. The number of nitrogens with two attached hydrogens (primary N) is 1. The minimum absolute atomic E-state index is 0.0288. The second-order valence-corrected chi connectivity index (χ2v) is 7.03. The lowest BCUT2D eigenvalue weighted by molar-refractivity contribution is -0.120. The van der Waals surface area contributed by atoms with Gasteiger partial charge in [-0.15, -0.1) is 6.58 Å². The van der Waals surface area contributed by atoms with Crippen LogP contribution in [0, 0.1) is 18.8 Å². The van der Waals surface area contributed by atoms with E-state index in [1.54, 1.807) is 6.08 Å². The van der Waals surface area contributed by atoms with E-state index in [4.69, 9.17) is 10.7 Å². The van der Waals surface area contributed by atoms with Crippen molar-refractivity contribution in [1.29, 1.82) is 0 Å². The van der Waals surface area contributed by atoms with Crippen molar-refractivity contribution in [1.82, 2.24) is 0 Å². The van der Waals surface area contributed by atoms with Crippen LogP contribution in [0.15, 0.2) is 41.4 Å². The van der Waals surface area contributed by atoms with E-state index < -0.39 is 5.92 Å². The predicted octanol–water partition coefficient (Wildman–Crippen LogP) is 5.36. The Kier molecular flexibility index (Phi) is 6.35. The zero-order valence-corrected chi connectivity index (χ0v) is 15.9. The number of aryl methyl sites for hydroxylation is 1. The van der Waals surface area contributed by atoms with Crippen molar-refractivity contribution >= 4 is 22.9 Å². The lowest BCUT2D eigenvalue weighted by atomic mass is 9.86. The lowest BCUT2D eigenvalue weighted by Gasteiger charge is -2.21. The van der Waals surface area contributed by atoms with Gasteiger partial charge in [0.05, 0.1) is 11.6 Å². The van der Waals surface area contributed by atoms with Crippen molar-refractivity contribution in [3.05, 3.63) is 47.6 Å². The van der Waals surface area contributed by atoms with Crippen LogP contribution in [0.5, 0.6) is 0 Å². The molecule has 25 heavy (non-hydrogen) atoms. The summed E-state index contributed by atoms with van der Waals surface area (Å²) in [7, 11) is 0. The molecule has 1 aliphatic rings. The summed E-state index contributed by atoms with van der Waals surface area (Å²) in [6, 6.07) is 6.20. The highest BCUT2D eigenvalue weighted by molar-refractivity contribution is 6.05. The summed E-state index contributed by atoms with van der Waals surface area (Å²) < 4.78 is 0. The first-order valence-corrected chi connectivity index (χ1v) is 9.18. The van der Waals surface area contributed by atoms with Crippen LogP contribution in [0.4, 0.5) is 5.69 Å². The molecule has 1 aromatic rings. The molecule has 0 bridgehead atoms. The minimum atomic E-state index is -0.403. The van der Waals surface area contributed by atoms with Crippen molar-refractivity contribution < 1.29 is 4.79 Å². The SMILES string of the molecule is C=CC(C)C(C(N)=O)C(CCC)=Nc1cccc(C)c1C(C)=C1CC1. The highest BCUT2D eigenvalue weighted by Gasteiger charge is 2.27. The van der Waals surface area contributed by atoms with Gasteiger partial charge >= 0.3 is 0 Å². The maximum Gasteiger partial charge on any atom is 0.226 e. The number of carbonyl (C=O) groups is 1. The number of hydrogen-bond donors (Lipinski definition) is 1. The first kappa shape index (κ1) is 19.2. The zero-order valence-electron chi connectivity index (χ0n) is 15.9. The third-order valence-corrected chi connectivity index (χ3v) is 4.99. The summed E-state index contributed by atoms with van der Waals surface area (Å²) in [5.41, 5.74) is 12.8. The molecule has 0 aliphatic heterocycles. The van der Waals surface area contributed by atoms with Crippen LogP contribution in [0.1, 0.15) is 57.6 Å². The van der Waals surface area contributed by atoms with E-state index >= 15 is 0 Å². The Morgan fingerprint density at radius 2 is 2.08 bits per heavy atom. The number of rotatable bonds is 8. The Morgan fingerprint density at radius 1 is 1.40 bits per heavy atom. The molecule has 134 valence electrons. The summed E-state index contributed by atoms with van der Waals surface area (Å²) >= 11 is 0. The average Bonchev–Trinajstić information content (AvgIpc) is 3.39. The molecule has 1 amide bonds. The second-order valence-electron chi connectivity index (χ2n) is 7.03. The van der Waals surface area contributed by atoms with Crippen LogP contribution in [0.25, 0.3) is 5.57 Å². The van der Waals surface area contributed by atoms with Gasteiger partial charge in [-0.05, 0) is 56.2 Å². The van der Waals surface area contributed by atoms with Gasteiger partial charge in [-0.2, -0.15) is 0 Å². The fourth-order valence-corrected chi connectivity index (χ4v) is 3.40. The highest BCUT2D eigenvalue weighted by atomic mass is 16.1. The number of nitrogens with zero attached hydrogens (tertiary/aromatic N) is 1. The fraction of sp³-hybridized carbons (Fsp3) is 0.455. The summed E-state index contributed by atoms with van der Waals surface area (Å²) in [6.45, 7) is 12.2. The number of allylic oxidation sites excluding steroid dienone is 3. The number of amides is 1. The van der Waals surface area contributed by atoms with E-state index in [0.29, 0.717) is 0 Å². The summed E-state index contributed by atoms with van der Waals surface area (Å²) in [4.78, 5) is 17.1. The molecule has 1 saturated carbocycles. The number of benzene rings is 1. The van der Waals surface area contributed by atoms with Crippen LogP contribution in [-0.4, -0.2) is 11.6 Å². The van der Waals surface area contributed by atoms with E-state index in [2.05, 4.69) is 33.4 Å². The van der Waals surface area contributed by atoms with Crippen molar-refractivity contribution in [2.45, 2.75) is 53.4 Å². The normalized spacial score (nSPS) is 16.3. The molecule has 0 heterocycles. The van der Waals surface area contributed by atoms with Gasteiger partial charge < -0.3 is 5.73 Å². The lowest BCUT2D eigenvalue weighted by Crippen LogP contribution is -2.34. The molecule has 0 radical (unpaired) electrons. The number of primary amides is 1. The van der Waals surface area contributed by atoms with Crippen molar-refractivity contribution in [2.24, 2.45) is 22.6 Å². The molecule has 3 nitrogen and oxygen atoms in total. The maximum atomic E-state index is 12.1. The van der Waals surface area contributed by atoms with Gasteiger partial charge in [-0.25, -0.2) is 0 Å². The Morgan fingerprint density at radius 3 is 2.60 bits per heavy atom. The van der Waals surface area contributed by atoms with Gasteiger partial charge in [0, 0.05) is 11.3 Å². The fourth-order valence-electron chi connectivity index (χ4n) is 3.40. The molecule has 3 heteroatoms. The molecule has 2 N–H and O–H groups in total. The quantitative estimate of drug-likeness (QED) is 0.503. The van der Waals surface area contributed by atoms with E-state index in [9.17, 15) is 4.79 Å². The van der Waals surface area contributed by atoms with Crippen LogP contribution >= 0.6 is 0 Å². The van der Waals surface area contributed by atoms with Gasteiger partial charge in [0.15, 0.2) is 0 Å². The topological polar surface area (TPSA) is 55.5 Å². The highest BCUT2D eigenvalue weighted by Crippen LogP contribution is 2.40. The van der Waals surface area contributed by atoms with E-state index in [1.807, 2.05) is 19.1 Å². The minimum Gasteiger partial charge on any atom is -0.369 e. The van der Waals surface area contributed by atoms with Crippen molar-refractivity contribution in [3.63, 3.8) is 0 Å². The molecule has 1 aliphatic carbocycles. The Bertz CT molecular complexity index is 722. The molecule has 2 unspecified atom stereocenters. The smallest absolute Gasteiger partial charge is 0.226 e. The molecular formula is C22H30N2O. The predicted molar refractivity (Wildman–Crippen MR) is 107 cm³/mol. The first-order chi connectivity index (χ1) is 11.9. The molecule has 1 aromatic carbocycles. The molecular weight excluding hydrogens is 308 g/mol. The van der Waals surface area contributed by atoms with Gasteiger partial charge in [0.1, 0.15) is 0 Å². The van der Waals surface area contributed by atoms with Crippen LogP contribution < -0.4 is 5.73 Å². The average molecular weight is 338 g/mol. The van der Waals surface area contributed by atoms with Gasteiger partial charge in [0.25, 0.3) is 0 Å². The summed E-state index contributed by atoms with van der Waals surface area (Å²) in [5.74, 6) is -0.760. The first-order valence-electron chi connectivity index (χ1n) is 9.18. The van der Waals surface area contributed by atoms with Crippen molar-refractivity contribution in [2.75, 3.05) is 0 Å². The molecule has 0 spiro atoms. The Balaban J connectivity index is 2.57. The van der Waals surface area contributed by atoms with Gasteiger partial charge in [-0.3, -0.25) is 9.79 Å². The Hall–Kier alpha value is -2.16. The molecule has 2 rings (SSSR count). The third kappa shape index (κ3) is 4.47. The standard InChI is InChI=1S/C22H30N2O/c1-6-9-18(21(22(23)25)14(3)7-2)24-19-11-8-10-15(4)20(19)16(5)17-12-13-17/h7-8,10-11,14,21H,2,6,9,12-13H2,1,3-5H3,(H2,23,25). The van der Waals surface area contributed by atoms with Crippen LogP contribution in [-0.2, 0) is 4.79 Å². The summed E-state index contributed by atoms with van der Waals surface area (Å²) in [5, 5.41) is 0. The van der Waals surface area contributed by atoms with Gasteiger partial charge in [-0.1, -0.05) is 44.1 Å². The van der Waals surface area contributed by atoms with Crippen LogP contribution in [0.3, 0.4) is 0 Å². The molecule has 0 aromatic heterocycles. The van der Waals surface area contributed by atoms with E-state index in [0.717, 1.165) is 24.2 Å². The molecule has 1 fully saturated rings. The number of carbonyl (C=O) groups excluding carboxylic acids is 1. The van der Waals surface area contributed by atoms with E-state index in [1.165, 1.54) is 35.1 Å². The van der Waals surface area contributed by atoms with Crippen LogP contribution in [0.2, 0.25) is 0 Å². The van der Waals surface area contributed by atoms with Crippen molar-refractivity contribution in [3.8, 4) is 0 Å². The largest absolute Gasteiger partial charge is 0.369 e. The van der Waals surface area contributed by atoms with Gasteiger partial charge in [0.2, 0.25) is 5.91 Å². The Labute approximate surface area is 151 Å². The molecule has 2 atom stereocenters. The van der Waals surface area contributed by atoms with E-state index in [-0.39, 0.29) is 11.8 Å². The zero-order chi connectivity index (χ0) is 18.6. The maximum absolute atomic E-state index is 12.1. The third-order valence-electron chi connectivity index (χ3n) is 4.99. The molecule has 0 saturated heterocycles.